The maximum absolute atomic E-state index is 6.26. The largest absolute Gasteiger partial charge is 0.383 e. The van der Waals surface area contributed by atoms with E-state index >= 15 is 0 Å². The molecule has 1 fully saturated rings. The monoisotopic (exact) mass is 311 g/mol. The highest BCUT2D eigenvalue weighted by Crippen LogP contribution is 2.25. The van der Waals surface area contributed by atoms with Crippen molar-refractivity contribution in [2.75, 3.05) is 57.9 Å². The van der Waals surface area contributed by atoms with Gasteiger partial charge in [0.15, 0.2) is 0 Å². The SMILES string of the molecule is COCC(C)NCCN1CCN(c2ccccc2Cl)CC1. The Morgan fingerprint density at radius 2 is 1.95 bits per heavy atom. The summed E-state index contributed by atoms with van der Waals surface area (Å²) in [5.41, 5.74) is 1.16. The van der Waals surface area contributed by atoms with Crippen molar-refractivity contribution >= 4 is 17.3 Å². The Morgan fingerprint density at radius 3 is 2.62 bits per heavy atom. The molecule has 0 aromatic heterocycles. The summed E-state index contributed by atoms with van der Waals surface area (Å²) in [7, 11) is 1.74. The second-order valence-corrected chi connectivity index (χ2v) is 6.00. The fourth-order valence-corrected chi connectivity index (χ4v) is 2.95. The summed E-state index contributed by atoms with van der Waals surface area (Å²) in [6.07, 6.45) is 0. The molecule has 0 aliphatic carbocycles. The second-order valence-electron chi connectivity index (χ2n) is 5.59. The maximum atomic E-state index is 6.26. The summed E-state index contributed by atoms with van der Waals surface area (Å²) in [4.78, 5) is 4.87. The predicted octanol–water partition coefficient (Wildman–Crippen LogP) is 2.09. The van der Waals surface area contributed by atoms with Crippen molar-refractivity contribution in [2.24, 2.45) is 0 Å². The van der Waals surface area contributed by atoms with Gasteiger partial charge in [0.05, 0.1) is 17.3 Å². The van der Waals surface area contributed by atoms with Gasteiger partial charge in [0.1, 0.15) is 0 Å². The molecule has 0 saturated carbocycles. The van der Waals surface area contributed by atoms with E-state index in [4.69, 9.17) is 16.3 Å². The second kappa shape index (κ2) is 8.59. The molecule has 1 aromatic rings. The van der Waals surface area contributed by atoms with Crippen LogP contribution >= 0.6 is 11.6 Å². The lowest BCUT2D eigenvalue weighted by Gasteiger charge is -2.36. The van der Waals surface area contributed by atoms with Crippen molar-refractivity contribution in [1.82, 2.24) is 10.2 Å². The molecule has 1 saturated heterocycles. The van der Waals surface area contributed by atoms with Crippen LogP contribution in [0.2, 0.25) is 5.02 Å². The summed E-state index contributed by atoms with van der Waals surface area (Å²) in [6, 6.07) is 8.51. The van der Waals surface area contributed by atoms with Gasteiger partial charge in [0, 0.05) is 52.4 Å². The third kappa shape index (κ3) is 5.15. The van der Waals surface area contributed by atoms with Crippen LogP contribution in [-0.4, -0.2) is 63.9 Å². The van der Waals surface area contributed by atoms with Crippen LogP contribution in [-0.2, 0) is 4.74 Å². The highest BCUT2D eigenvalue weighted by Gasteiger charge is 2.18. The van der Waals surface area contributed by atoms with E-state index in [2.05, 4.69) is 34.2 Å². The topological polar surface area (TPSA) is 27.7 Å². The zero-order valence-corrected chi connectivity index (χ0v) is 13.8. The minimum atomic E-state index is 0.416. The van der Waals surface area contributed by atoms with E-state index in [1.54, 1.807) is 7.11 Å². The van der Waals surface area contributed by atoms with Crippen LogP contribution in [0.4, 0.5) is 5.69 Å². The fraction of sp³-hybridized carbons (Fsp3) is 0.625. The number of hydrogen-bond donors (Lipinski definition) is 1. The van der Waals surface area contributed by atoms with Crippen LogP contribution in [0.5, 0.6) is 0 Å². The Labute approximate surface area is 133 Å². The molecular weight excluding hydrogens is 286 g/mol. The number of rotatable bonds is 7. The molecule has 0 amide bonds. The number of anilines is 1. The van der Waals surface area contributed by atoms with Gasteiger partial charge in [0.2, 0.25) is 0 Å². The Bertz CT molecular complexity index is 422. The first-order valence-corrected chi connectivity index (χ1v) is 8.02. The van der Waals surface area contributed by atoms with Crippen LogP contribution in [0.15, 0.2) is 24.3 Å². The van der Waals surface area contributed by atoms with Crippen molar-refractivity contribution < 1.29 is 4.74 Å². The van der Waals surface area contributed by atoms with Crippen molar-refractivity contribution in [3.05, 3.63) is 29.3 Å². The zero-order valence-electron chi connectivity index (χ0n) is 13.0. The van der Waals surface area contributed by atoms with Crippen LogP contribution in [0.25, 0.3) is 0 Å². The van der Waals surface area contributed by atoms with E-state index in [-0.39, 0.29) is 0 Å². The number of hydrogen-bond acceptors (Lipinski definition) is 4. The Morgan fingerprint density at radius 1 is 1.24 bits per heavy atom. The van der Waals surface area contributed by atoms with Crippen molar-refractivity contribution in [3.63, 3.8) is 0 Å². The smallest absolute Gasteiger partial charge is 0.0639 e. The van der Waals surface area contributed by atoms with E-state index in [0.717, 1.165) is 56.6 Å². The Hall–Kier alpha value is -0.810. The predicted molar refractivity (Wildman–Crippen MR) is 89.4 cm³/mol. The molecule has 4 nitrogen and oxygen atoms in total. The first-order valence-electron chi connectivity index (χ1n) is 7.65. The fourth-order valence-electron chi connectivity index (χ4n) is 2.70. The van der Waals surface area contributed by atoms with E-state index in [0.29, 0.717) is 6.04 Å². The van der Waals surface area contributed by atoms with Gasteiger partial charge in [-0.1, -0.05) is 23.7 Å². The van der Waals surface area contributed by atoms with Crippen LogP contribution in [0, 0.1) is 0 Å². The van der Waals surface area contributed by atoms with E-state index < -0.39 is 0 Å². The molecule has 0 radical (unpaired) electrons. The minimum Gasteiger partial charge on any atom is -0.383 e. The molecule has 5 heteroatoms. The van der Waals surface area contributed by atoms with Crippen molar-refractivity contribution in [3.8, 4) is 0 Å². The number of halogens is 1. The van der Waals surface area contributed by atoms with Crippen LogP contribution < -0.4 is 10.2 Å². The first kappa shape index (κ1) is 16.6. The number of methoxy groups -OCH3 is 1. The molecule has 1 heterocycles. The van der Waals surface area contributed by atoms with E-state index in [9.17, 15) is 0 Å². The quantitative estimate of drug-likeness (QED) is 0.834. The van der Waals surface area contributed by atoms with Gasteiger partial charge in [0.25, 0.3) is 0 Å². The molecule has 21 heavy (non-hydrogen) atoms. The van der Waals surface area contributed by atoms with Crippen LogP contribution in [0.3, 0.4) is 0 Å². The van der Waals surface area contributed by atoms with Crippen LogP contribution in [0.1, 0.15) is 6.92 Å². The average Bonchev–Trinajstić information content (AvgIpc) is 2.49. The third-order valence-electron chi connectivity index (χ3n) is 3.90. The maximum Gasteiger partial charge on any atom is 0.0639 e. The lowest BCUT2D eigenvalue weighted by Crippen LogP contribution is -2.49. The number of nitrogens with one attached hydrogen (secondary N) is 1. The highest BCUT2D eigenvalue weighted by atomic mass is 35.5. The number of piperazine rings is 1. The number of para-hydroxylation sites is 1. The molecule has 1 unspecified atom stereocenters. The van der Waals surface area contributed by atoms with Gasteiger partial charge in [-0.25, -0.2) is 0 Å². The van der Waals surface area contributed by atoms with Crippen molar-refractivity contribution in [2.45, 2.75) is 13.0 Å². The van der Waals surface area contributed by atoms with Gasteiger partial charge < -0.3 is 15.0 Å². The summed E-state index contributed by atoms with van der Waals surface area (Å²) >= 11 is 6.26. The number of ether oxygens (including phenoxy) is 1. The third-order valence-corrected chi connectivity index (χ3v) is 4.22. The summed E-state index contributed by atoms with van der Waals surface area (Å²) < 4.78 is 5.13. The lowest BCUT2D eigenvalue weighted by atomic mass is 10.2. The van der Waals surface area contributed by atoms with Gasteiger partial charge >= 0.3 is 0 Å². The molecule has 2 rings (SSSR count). The van der Waals surface area contributed by atoms with Gasteiger partial charge in [-0.2, -0.15) is 0 Å². The highest BCUT2D eigenvalue weighted by molar-refractivity contribution is 6.33. The number of benzene rings is 1. The van der Waals surface area contributed by atoms with Gasteiger partial charge in [-0.15, -0.1) is 0 Å². The molecule has 1 aromatic carbocycles. The summed E-state index contributed by atoms with van der Waals surface area (Å²) in [6.45, 7) is 9.27. The minimum absolute atomic E-state index is 0.416. The summed E-state index contributed by atoms with van der Waals surface area (Å²) in [5.74, 6) is 0. The standard InChI is InChI=1S/C16H26ClN3O/c1-14(13-21-2)18-7-8-19-9-11-20(12-10-19)16-6-4-3-5-15(16)17/h3-6,14,18H,7-13H2,1-2H3. The molecule has 0 bridgehead atoms. The van der Waals surface area contributed by atoms with E-state index in [1.165, 1.54) is 0 Å². The normalized spacial score (nSPS) is 18.0. The average molecular weight is 312 g/mol. The molecule has 1 N–H and O–H groups in total. The molecule has 0 spiro atoms. The molecule has 118 valence electrons. The Balaban J connectivity index is 1.70. The molecule has 1 aliphatic heterocycles. The molecule has 1 atom stereocenters. The van der Waals surface area contributed by atoms with E-state index in [1.807, 2.05) is 12.1 Å². The lowest BCUT2D eigenvalue weighted by molar-refractivity contribution is 0.168. The summed E-state index contributed by atoms with van der Waals surface area (Å²) in [5, 5.41) is 4.33. The molecule has 1 aliphatic rings. The first-order chi connectivity index (χ1) is 10.2. The van der Waals surface area contributed by atoms with Crippen molar-refractivity contribution in [1.29, 1.82) is 0 Å². The number of nitrogens with zero attached hydrogens (tertiary/aromatic N) is 2. The zero-order chi connectivity index (χ0) is 15.1. The Kier molecular flexibility index (Phi) is 6.77. The molecular formula is C16H26ClN3O. The van der Waals surface area contributed by atoms with Gasteiger partial charge in [-0.05, 0) is 19.1 Å². The van der Waals surface area contributed by atoms with Gasteiger partial charge in [-0.3, -0.25) is 4.90 Å².